The van der Waals surface area contributed by atoms with Gasteiger partial charge in [-0.1, -0.05) is 30.3 Å². The summed E-state index contributed by atoms with van der Waals surface area (Å²) in [5.74, 6) is 0.391. The third-order valence-corrected chi connectivity index (χ3v) is 7.68. The highest BCUT2D eigenvalue weighted by molar-refractivity contribution is 7.99. The second kappa shape index (κ2) is 9.73. The first-order valence-corrected chi connectivity index (χ1v) is 12.1. The van der Waals surface area contributed by atoms with Crippen LogP contribution in [0.4, 0.5) is 4.39 Å². The zero-order valence-corrected chi connectivity index (χ0v) is 17.9. The molecule has 0 spiro atoms. The summed E-state index contributed by atoms with van der Waals surface area (Å²) in [6.07, 6.45) is 1.12. The van der Waals surface area contributed by atoms with Gasteiger partial charge < -0.3 is 4.90 Å². The van der Waals surface area contributed by atoms with Crippen molar-refractivity contribution in [3.05, 3.63) is 66.0 Å². The molecule has 29 heavy (non-hydrogen) atoms. The number of halogens is 1. The number of carbonyl (C=O) groups excluding carboxylic acids is 1. The molecule has 5 nitrogen and oxygen atoms in total. The molecule has 1 fully saturated rings. The Morgan fingerprint density at radius 1 is 1.14 bits per heavy atom. The van der Waals surface area contributed by atoms with E-state index in [0.717, 1.165) is 17.9 Å². The Kier molecular flexibility index (Phi) is 7.32. The predicted octanol–water partition coefficient (Wildman–Crippen LogP) is 3.42. The smallest absolute Gasteiger partial charge is 0.240 e. The SMILES string of the molecule is C[C@@H](SCc1ccccc1)C(=O)N1CCC(NS(=O)(=O)c2ccc(F)cc2)CC1. The number of hydrogen-bond donors (Lipinski definition) is 1. The fraction of sp³-hybridized carbons (Fsp3) is 0.381. The van der Waals surface area contributed by atoms with Gasteiger partial charge in [0.25, 0.3) is 0 Å². The first kappa shape index (κ1) is 21.8. The number of nitrogens with zero attached hydrogens (tertiary/aromatic N) is 1. The molecule has 0 saturated carbocycles. The van der Waals surface area contributed by atoms with Crippen LogP contribution in [-0.4, -0.2) is 43.6 Å². The summed E-state index contributed by atoms with van der Waals surface area (Å²) < 4.78 is 40.6. The summed E-state index contributed by atoms with van der Waals surface area (Å²) in [5, 5.41) is -0.150. The maximum absolute atomic E-state index is 13.0. The van der Waals surface area contributed by atoms with E-state index in [2.05, 4.69) is 4.72 Å². The number of amides is 1. The molecule has 2 aromatic rings. The molecule has 1 atom stereocenters. The number of benzene rings is 2. The zero-order chi connectivity index (χ0) is 20.9. The zero-order valence-electron chi connectivity index (χ0n) is 16.3. The van der Waals surface area contributed by atoms with Crippen LogP contribution in [0.2, 0.25) is 0 Å². The largest absolute Gasteiger partial charge is 0.342 e. The van der Waals surface area contributed by atoms with E-state index >= 15 is 0 Å². The van der Waals surface area contributed by atoms with Crippen LogP contribution in [0.15, 0.2) is 59.5 Å². The van der Waals surface area contributed by atoms with E-state index in [1.54, 1.807) is 11.8 Å². The molecule has 156 valence electrons. The number of hydrogen-bond acceptors (Lipinski definition) is 4. The van der Waals surface area contributed by atoms with Crippen LogP contribution < -0.4 is 4.72 Å². The van der Waals surface area contributed by atoms with Crippen molar-refractivity contribution in [3.63, 3.8) is 0 Å². The molecule has 1 aliphatic heterocycles. The fourth-order valence-electron chi connectivity index (χ4n) is 3.24. The summed E-state index contributed by atoms with van der Waals surface area (Å²) in [7, 11) is -3.69. The second-order valence-corrected chi connectivity index (χ2v) is 10.2. The van der Waals surface area contributed by atoms with Crippen LogP contribution in [0.25, 0.3) is 0 Å². The molecule has 0 unspecified atom stereocenters. The van der Waals surface area contributed by atoms with Gasteiger partial charge in [0.15, 0.2) is 0 Å². The third kappa shape index (κ3) is 6.04. The Hall–Kier alpha value is -1.90. The van der Waals surface area contributed by atoms with Gasteiger partial charge in [0, 0.05) is 24.9 Å². The molecular formula is C21H25FN2O3S2. The predicted molar refractivity (Wildman–Crippen MR) is 114 cm³/mol. The maximum atomic E-state index is 13.0. The number of nitrogens with one attached hydrogen (secondary N) is 1. The lowest BCUT2D eigenvalue weighted by atomic mass is 10.1. The Morgan fingerprint density at radius 3 is 2.38 bits per heavy atom. The van der Waals surface area contributed by atoms with Gasteiger partial charge in [-0.15, -0.1) is 11.8 Å². The lowest BCUT2D eigenvalue weighted by Gasteiger charge is -2.33. The van der Waals surface area contributed by atoms with Crippen LogP contribution >= 0.6 is 11.8 Å². The number of likely N-dealkylation sites (tertiary alicyclic amines) is 1. The first-order chi connectivity index (χ1) is 13.8. The van der Waals surface area contributed by atoms with Gasteiger partial charge in [-0.3, -0.25) is 4.79 Å². The monoisotopic (exact) mass is 436 g/mol. The molecule has 1 aliphatic rings. The molecule has 0 radical (unpaired) electrons. The Bertz CT molecular complexity index is 913. The molecule has 1 saturated heterocycles. The van der Waals surface area contributed by atoms with E-state index in [1.807, 2.05) is 42.2 Å². The lowest BCUT2D eigenvalue weighted by molar-refractivity contribution is -0.131. The second-order valence-electron chi connectivity index (χ2n) is 7.11. The van der Waals surface area contributed by atoms with Crippen molar-refractivity contribution in [3.8, 4) is 0 Å². The van der Waals surface area contributed by atoms with E-state index in [-0.39, 0.29) is 22.1 Å². The van der Waals surface area contributed by atoms with Gasteiger partial charge in [-0.25, -0.2) is 17.5 Å². The number of rotatable bonds is 7. The maximum Gasteiger partial charge on any atom is 0.240 e. The molecule has 0 aromatic heterocycles. The number of carbonyl (C=O) groups is 1. The topological polar surface area (TPSA) is 66.5 Å². The highest BCUT2D eigenvalue weighted by Gasteiger charge is 2.28. The van der Waals surface area contributed by atoms with Gasteiger partial charge in [0.05, 0.1) is 10.1 Å². The molecule has 1 amide bonds. The van der Waals surface area contributed by atoms with E-state index in [1.165, 1.54) is 17.7 Å². The summed E-state index contributed by atoms with van der Waals surface area (Å²) in [6.45, 7) is 2.95. The highest BCUT2D eigenvalue weighted by Crippen LogP contribution is 2.22. The van der Waals surface area contributed by atoms with Gasteiger partial charge in [0.2, 0.25) is 15.9 Å². The van der Waals surface area contributed by atoms with Crippen LogP contribution in [0.5, 0.6) is 0 Å². The Balaban J connectivity index is 1.48. The molecule has 3 rings (SSSR count). The van der Waals surface area contributed by atoms with Crippen molar-refractivity contribution in [1.29, 1.82) is 0 Å². The van der Waals surface area contributed by atoms with Crippen LogP contribution in [-0.2, 0) is 20.6 Å². The average molecular weight is 437 g/mol. The van der Waals surface area contributed by atoms with Crippen molar-refractivity contribution in [2.45, 2.75) is 41.7 Å². The number of sulfonamides is 1. The quantitative estimate of drug-likeness (QED) is 0.722. The molecule has 1 heterocycles. The minimum absolute atomic E-state index is 0.0448. The molecule has 1 N–H and O–H groups in total. The number of thioether (sulfide) groups is 1. The van der Waals surface area contributed by atoms with E-state index in [0.29, 0.717) is 25.9 Å². The Labute approximate surface area is 175 Å². The van der Waals surface area contributed by atoms with E-state index in [4.69, 9.17) is 0 Å². The molecular weight excluding hydrogens is 411 g/mol. The van der Waals surface area contributed by atoms with E-state index < -0.39 is 15.8 Å². The molecule has 0 bridgehead atoms. The van der Waals surface area contributed by atoms with Crippen LogP contribution in [0.1, 0.15) is 25.3 Å². The average Bonchev–Trinajstić information content (AvgIpc) is 2.73. The van der Waals surface area contributed by atoms with Crippen LogP contribution in [0.3, 0.4) is 0 Å². The molecule has 8 heteroatoms. The Morgan fingerprint density at radius 2 is 1.76 bits per heavy atom. The summed E-state index contributed by atoms with van der Waals surface area (Å²) >= 11 is 1.61. The highest BCUT2D eigenvalue weighted by atomic mass is 32.2. The van der Waals surface area contributed by atoms with Crippen molar-refractivity contribution in [2.24, 2.45) is 0 Å². The minimum Gasteiger partial charge on any atom is -0.342 e. The number of piperidine rings is 1. The van der Waals surface area contributed by atoms with Gasteiger partial charge in [-0.05, 0) is 49.6 Å². The summed E-state index contributed by atoms with van der Waals surface area (Å²) in [6, 6.07) is 14.6. The summed E-state index contributed by atoms with van der Waals surface area (Å²) in [4.78, 5) is 14.6. The minimum atomic E-state index is -3.69. The van der Waals surface area contributed by atoms with Gasteiger partial charge in [0.1, 0.15) is 5.82 Å². The third-order valence-electron chi connectivity index (χ3n) is 4.94. The lowest BCUT2D eigenvalue weighted by Crippen LogP contribution is -2.48. The van der Waals surface area contributed by atoms with E-state index in [9.17, 15) is 17.6 Å². The molecule has 2 aromatic carbocycles. The normalized spacial score (nSPS) is 16.6. The molecule has 0 aliphatic carbocycles. The van der Waals surface area contributed by atoms with Crippen molar-refractivity contribution < 1.29 is 17.6 Å². The van der Waals surface area contributed by atoms with Gasteiger partial charge in [-0.2, -0.15) is 0 Å². The van der Waals surface area contributed by atoms with Crippen molar-refractivity contribution >= 4 is 27.7 Å². The fourth-order valence-corrected chi connectivity index (χ4v) is 5.47. The standard InChI is InChI=1S/C21H25FN2O3S2/c1-16(28-15-17-5-3-2-4-6-17)21(25)24-13-11-19(12-14-24)23-29(26,27)20-9-7-18(22)8-10-20/h2-10,16,19,23H,11-15H2,1H3/t16-/m1/s1. The van der Waals surface area contributed by atoms with Crippen molar-refractivity contribution in [2.75, 3.05) is 13.1 Å². The van der Waals surface area contributed by atoms with Crippen LogP contribution in [0, 0.1) is 5.82 Å². The van der Waals surface area contributed by atoms with Gasteiger partial charge >= 0.3 is 0 Å². The summed E-state index contributed by atoms with van der Waals surface area (Å²) in [5.41, 5.74) is 1.19. The van der Waals surface area contributed by atoms with Crippen molar-refractivity contribution in [1.82, 2.24) is 9.62 Å². The first-order valence-electron chi connectivity index (χ1n) is 9.57.